The number of amides is 1. The Balaban J connectivity index is 1.48. The number of fused-ring (bicyclic) bond motifs is 1. The summed E-state index contributed by atoms with van der Waals surface area (Å²) in [7, 11) is -4.20. The van der Waals surface area contributed by atoms with Crippen molar-refractivity contribution in [3.8, 4) is 0 Å². The third-order valence-corrected chi connectivity index (χ3v) is 9.95. The van der Waals surface area contributed by atoms with Crippen LogP contribution in [0.4, 0.5) is 26.3 Å². The van der Waals surface area contributed by atoms with Gasteiger partial charge in [0, 0.05) is 19.2 Å². The van der Waals surface area contributed by atoms with Gasteiger partial charge in [-0.15, -0.1) is 0 Å². The average molecular weight is 607 g/mol. The number of pyridine rings is 1. The zero-order chi connectivity index (χ0) is 30.4. The number of rotatable bonds is 6. The molecule has 1 aliphatic heterocycles. The summed E-state index contributed by atoms with van der Waals surface area (Å²) in [5, 5.41) is 0. The molecule has 1 saturated heterocycles. The molecule has 0 N–H and O–H groups in total. The fraction of sp³-hybridized carbons (Fsp3) is 0.423. The highest BCUT2D eigenvalue weighted by Gasteiger charge is 2.46. The molecular weight excluding hydrogens is 580 g/mol. The number of carbonyl (C=O) groups is 2. The van der Waals surface area contributed by atoms with Crippen molar-refractivity contribution < 1.29 is 53.6 Å². The summed E-state index contributed by atoms with van der Waals surface area (Å²) in [5.74, 6) is -3.45. The Labute approximate surface area is 231 Å². The van der Waals surface area contributed by atoms with E-state index in [9.17, 15) is 44.3 Å². The Morgan fingerprint density at radius 2 is 1.66 bits per heavy atom. The number of sulfone groups is 1. The largest absolute Gasteiger partial charge is 0.495 e. The standard InChI is InChI=1S/C26H26F6N3O5S/c1-24(2,41(38,39)20-7-5-6-18(14-20)25(27,28)29)17-9-12-33(13-10-17)22(36)15-19-16-34-11-4-3-8-21(34)35(19)40-23(37)26(30,31)32/h3-8,11,14,16-17H,9-10,12-13,15H2,1-2H3/q+1. The van der Waals surface area contributed by atoms with Crippen LogP contribution in [-0.2, 0) is 32.0 Å². The van der Waals surface area contributed by atoms with Crippen LogP contribution in [0.3, 0.4) is 0 Å². The third kappa shape index (κ3) is 6.04. The van der Waals surface area contributed by atoms with Crippen molar-refractivity contribution in [3.63, 3.8) is 0 Å². The predicted molar refractivity (Wildman–Crippen MR) is 131 cm³/mol. The first kappa shape index (κ1) is 30.3. The maximum Gasteiger partial charge on any atom is 0.495 e. The van der Waals surface area contributed by atoms with E-state index < -0.39 is 61.6 Å². The molecule has 0 atom stereocenters. The Kier molecular flexibility index (Phi) is 7.88. The zero-order valence-corrected chi connectivity index (χ0v) is 22.7. The highest BCUT2D eigenvalue weighted by molar-refractivity contribution is 7.92. The fourth-order valence-corrected chi connectivity index (χ4v) is 6.72. The van der Waals surface area contributed by atoms with Gasteiger partial charge in [0.25, 0.3) is 0 Å². The number of hydrogen-bond donors (Lipinski definition) is 0. The molecule has 0 saturated carbocycles. The maximum atomic E-state index is 13.4. The molecule has 15 heteroatoms. The van der Waals surface area contributed by atoms with Crippen LogP contribution in [0.25, 0.3) is 5.65 Å². The second kappa shape index (κ2) is 10.7. The number of aromatic nitrogens is 2. The van der Waals surface area contributed by atoms with Gasteiger partial charge in [-0.25, -0.2) is 18.0 Å². The Morgan fingerprint density at radius 3 is 2.27 bits per heavy atom. The van der Waals surface area contributed by atoms with Crippen LogP contribution < -0.4 is 9.24 Å². The number of piperidine rings is 1. The molecule has 1 fully saturated rings. The van der Waals surface area contributed by atoms with Crippen molar-refractivity contribution in [1.82, 2.24) is 9.63 Å². The van der Waals surface area contributed by atoms with Gasteiger partial charge in [-0.05, 0) is 61.6 Å². The average Bonchev–Trinajstić information content (AvgIpc) is 3.24. The topological polar surface area (TPSA) is 89.8 Å². The SMILES string of the molecule is CC(C)(C1CCN(C(=O)Cc2c[n+]3ccccc3n2OC(=O)C(F)(F)F)CC1)S(=O)(=O)c1cccc(C(F)(F)F)c1. The second-order valence-corrected chi connectivity index (χ2v) is 12.8. The van der Waals surface area contributed by atoms with Crippen molar-refractivity contribution in [2.24, 2.45) is 5.92 Å². The van der Waals surface area contributed by atoms with Gasteiger partial charge in [-0.2, -0.15) is 30.7 Å². The van der Waals surface area contributed by atoms with Crippen LogP contribution in [0.5, 0.6) is 0 Å². The molecule has 0 spiro atoms. The summed E-state index contributed by atoms with van der Waals surface area (Å²) >= 11 is 0. The molecule has 1 aliphatic rings. The van der Waals surface area contributed by atoms with Gasteiger partial charge in [0.1, 0.15) is 6.20 Å². The number of alkyl halides is 6. The fourth-order valence-electron chi connectivity index (χ4n) is 4.90. The highest BCUT2D eigenvalue weighted by Crippen LogP contribution is 2.39. The number of hydrogen-bond acceptors (Lipinski definition) is 5. The molecule has 1 amide bonds. The Hall–Kier alpha value is -3.62. The quantitative estimate of drug-likeness (QED) is 0.315. The molecule has 222 valence electrons. The van der Waals surface area contributed by atoms with E-state index in [0.717, 1.165) is 18.2 Å². The lowest BCUT2D eigenvalue weighted by atomic mass is 9.85. The normalized spacial score (nSPS) is 15.8. The van der Waals surface area contributed by atoms with Crippen LogP contribution in [0.1, 0.15) is 37.9 Å². The summed E-state index contributed by atoms with van der Waals surface area (Å²) in [6, 6.07) is 8.06. The molecule has 8 nitrogen and oxygen atoms in total. The van der Waals surface area contributed by atoms with E-state index in [0.29, 0.717) is 10.8 Å². The van der Waals surface area contributed by atoms with Crippen molar-refractivity contribution in [2.45, 2.75) is 55.1 Å². The minimum atomic E-state index is -5.26. The van der Waals surface area contributed by atoms with Crippen molar-refractivity contribution in [1.29, 1.82) is 0 Å². The van der Waals surface area contributed by atoms with Gasteiger partial charge in [-0.3, -0.25) is 4.79 Å². The molecule has 0 bridgehead atoms. The van der Waals surface area contributed by atoms with Gasteiger partial charge in [0.15, 0.2) is 15.5 Å². The molecule has 0 radical (unpaired) electrons. The van der Waals surface area contributed by atoms with E-state index in [1.807, 2.05) is 0 Å². The molecule has 1 aromatic carbocycles. The number of carbonyl (C=O) groups excluding carboxylic acids is 2. The van der Waals surface area contributed by atoms with E-state index >= 15 is 0 Å². The summed E-state index contributed by atoms with van der Waals surface area (Å²) in [6.45, 7) is 3.10. The Morgan fingerprint density at radius 1 is 1.00 bits per heavy atom. The predicted octanol–water partition coefficient (Wildman–Crippen LogP) is 3.80. The number of halogens is 6. The first-order chi connectivity index (χ1) is 18.9. The number of imidazole rings is 1. The summed E-state index contributed by atoms with van der Waals surface area (Å²) in [6.07, 6.45) is -7.09. The van der Waals surface area contributed by atoms with Crippen LogP contribution in [0.15, 0.2) is 59.8 Å². The van der Waals surface area contributed by atoms with Gasteiger partial charge >= 0.3 is 24.0 Å². The molecule has 0 aliphatic carbocycles. The molecule has 3 aromatic rings. The molecule has 3 heterocycles. The van der Waals surface area contributed by atoms with E-state index in [-0.39, 0.29) is 37.3 Å². The van der Waals surface area contributed by atoms with Gasteiger partial charge < -0.3 is 4.90 Å². The third-order valence-electron chi connectivity index (χ3n) is 7.36. The van der Waals surface area contributed by atoms with Gasteiger partial charge in [-0.1, -0.05) is 12.1 Å². The summed E-state index contributed by atoms with van der Waals surface area (Å²) in [5.41, 5.74) is -1.02. The molecular formula is C26H26F6N3O5S+. The molecule has 2 aromatic heterocycles. The van der Waals surface area contributed by atoms with Crippen molar-refractivity contribution in [2.75, 3.05) is 13.1 Å². The number of likely N-dealkylation sites (tertiary alicyclic amines) is 1. The lowest BCUT2D eigenvalue weighted by Crippen LogP contribution is -2.48. The van der Waals surface area contributed by atoms with Crippen LogP contribution in [0, 0.1) is 5.92 Å². The molecule has 4 rings (SSSR count). The van der Waals surface area contributed by atoms with Crippen LogP contribution in [-0.4, -0.2) is 53.9 Å². The van der Waals surface area contributed by atoms with Gasteiger partial charge in [0.05, 0.1) is 27.8 Å². The lowest BCUT2D eigenvalue weighted by Gasteiger charge is -2.40. The van der Waals surface area contributed by atoms with Crippen molar-refractivity contribution in [3.05, 3.63) is 66.1 Å². The summed E-state index contributed by atoms with van der Waals surface area (Å²) in [4.78, 5) is 30.1. The minimum Gasteiger partial charge on any atom is -0.342 e. The number of nitrogens with zero attached hydrogens (tertiary/aromatic N) is 3. The van der Waals surface area contributed by atoms with Gasteiger partial charge in [0.2, 0.25) is 5.91 Å². The Bertz CT molecular complexity index is 1570. The number of benzene rings is 1. The minimum absolute atomic E-state index is 0.0200. The van der Waals surface area contributed by atoms with E-state index in [2.05, 4.69) is 4.84 Å². The zero-order valence-electron chi connectivity index (χ0n) is 21.9. The smallest absolute Gasteiger partial charge is 0.342 e. The first-order valence-corrected chi connectivity index (χ1v) is 13.9. The first-order valence-electron chi connectivity index (χ1n) is 12.4. The highest BCUT2D eigenvalue weighted by atomic mass is 32.2. The van der Waals surface area contributed by atoms with E-state index in [1.165, 1.54) is 47.7 Å². The van der Waals surface area contributed by atoms with Crippen LogP contribution >= 0.6 is 0 Å². The molecule has 0 unspecified atom stereocenters. The second-order valence-electron chi connectivity index (χ2n) is 10.2. The summed E-state index contributed by atoms with van der Waals surface area (Å²) < 4.78 is 105. The van der Waals surface area contributed by atoms with Crippen LogP contribution in [0.2, 0.25) is 0 Å². The molecule has 41 heavy (non-hydrogen) atoms. The van der Waals surface area contributed by atoms with E-state index in [1.54, 1.807) is 6.07 Å². The lowest BCUT2D eigenvalue weighted by molar-refractivity contribution is -0.511. The van der Waals surface area contributed by atoms with E-state index in [4.69, 9.17) is 0 Å². The monoisotopic (exact) mass is 606 g/mol. The van der Waals surface area contributed by atoms with Crippen molar-refractivity contribution >= 4 is 27.4 Å². The maximum absolute atomic E-state index is 13.4.